The van der Waals surface area contributed by atoms with Gasteiger partial charge in [-0.2, -0.15) is 0 Å². The van der Waals surface area contributed by atoms with Crippen LogP contribution < -0.4 is 5.32 Å². The number of amides is 1. The number of hydrogen-bond acceptors (Lipinski definition) is 4. The van der Waals surface area contributed by atoms with Gasteiger partial charge in [0.25, 0.3) is 0 Å². The zero-order valence-corrected chi connectivity index (χ0v) is 16.1. The van der Waals surface area contributed by atoms with Crippen LogP contribution in [0.1, 0.15) is 49.7 Å². The summed E-state index contributed by atoms with van der Waals surface area (Å²) < 4.78 is 2.32. The van der Waals surface area contributed by atoms with Gasteiger partial charge in [0.2, 0.25) is 5.91 Å². The molecule has 134 valence electrons. The van der Waals surface area contributed by atoms with Crippen LogP contribution in [0.15, 0.2) is 29.7 Å². The molecule has 0 saturated heterocycles. The van der Waals surface area contributed by atoms with Crippen LogP contribution in [0.25, 0.3) is 0 Å². The molecule has 1 atom stereocenters. The van der Waals surface area contributed by atoms with Crippen molar-refractivity contribution in [1.29, 1.82) is 0 Å². The minimum atomic E-state index is -0.157. The number of nitrogens with one attached hydrogen (secondary N) is 1. The standard InChI is InChI=1S/C19H26N4OS/c1-12(2)17(18(24)21-11-15-6-5-9-20-10-15)25-19-22-13(3)14(4)23(19)16-7-8-16/h5-6,9-10,12,16-17H,7-8,11H2,1-4H3,(H,21,24)/t17-/m0/s1. The fourth-order valence-corrected chi connectivity index (χ4v) is 4.12. The molecule has 0 spiro atoms. The highest BCUT2D eigenvalue weighted by atomic mass is 32.2. The number of nitrogens with zero attached hydrogens (tertiary/aromatic N) is 3. The maximum absolute atomic E-state index is 12.8. The fourth-order valence-electron chi connectivity index (χ4n) is 2.84. The van der Waals surface area contributed by atoms with Crippen molar-refractivity contribution < 1.29 is 4.79 Å². The first-order valence-corrected chi connectivity index (χ1v) is 9.74. The van der Waals surface area contributed by atoms with Crippen molar-refractivity contribution in [2.75, 3.05) is 0 Å². The summed E-state index contributed by atoms with van der Waals surface area (Å²) in [4.78, 5) is 21.6. The lowest BCUT2D eigenvalue weighted by molar-refractivity contribution is -0.121. The summed E-state index contributed by atoms with van der Waals surface area (Å²) in [5, 5.41) is 3.87. The molecule has 1 aliphatic rings. The van der Waals surface area contributed by atoms with Crippen molar-refractivity contribution in [2.24, 2.45) is 5.92 Å². The number of aryl methyl sites for hydroxylation is 1. The molecule has 25 heavy (non-hydrogen) atoms. The highest BCUT2D eigenvalue weighted by Gasteiger charge is 2.32. The van der Waals surface area contributed by atoms with E-state index < -0.39 is 0 Å². The Bertz CT molecular complexity index is 737. The number of pyridine rings is 1. The molecular formula is C19H26N4OS. The third-order valence-electron chi connectivity index (χ3n) is 4.55. The normalized spacial score (nSPS) is 15.4. The van der Waals surface area contributed by atoms with E-state index in [1.165, 1.54) is 18.5 Å². The molecule has 1 fully saturated rings. The van der Waals surface area contributed by atoms with Gasteiger partial charge in [-0.1, -0.05) is 31.7 Å². The number of hydrogen-bond donors (Lipinski definition) is 1. The van der Waals surface area contributed by atoms with Crippen molar-refractivity contribution in [3.63, 3.8) is 0 Å². The first-order valence-electron chi connectivity index (χ1n) is 8.86. The van der Waals surface area contributed by atoms with Crippen molar-refractivity contribution >= 4 is 17.7 Å². The number of imidazole rings is 1. The molecule has 6 heteroatoms. The molecule has 2 aromatic rings. The molecule has 2 heterocycles. The zero-order valence-electron chi connectivity index (χ0n) is 15.3. The molecule has 1 aliphatic carbocycles. The molecule has 2 aromatic heterocycles. The van der Waals surface area contributed by atoms with Gasteiger partial charge in [-0.25, -0.2) is 4.98 Å². The summed E-state index contributed by atoms with van der Waals surface area (Å²) in [7, 11) is 0. The maximum Gasteiger partial charge on any atom is 0.234 e. The summed E-state index contributed by atoms with van der Waals surface area (Å²) in [6, 6.07) is 4.42. The predicted octanol–water partition coefficient (Wildman–Crippen LogP) is 3.66. The van der Waals surface area contributed by atoms with E-state index in [0.717, 1.165) is 16.4 Å². The largest absolute Gasteiger partial charge is 0.351 e. The lowest BCUT2D eigenvalue weighted by Gasteiger charge is -2.20. The molecular weight excluding hydrogens is 332 g/mol. The van der Waals surface area contributed by atoms with Gasteiger partial charge in [-0.15, -0.1) is 0 Å². The van der Waals surface area contributed by atoms with Crippen LogP contribution in [0.2, 0.25) is 0 Å². The van der Waals surface area contributed by atoms with Crippen molar-refractivity contribution in [3.05, 3.63) is 41.5 Å². The molecule has 0 radical (unpaired) electrons. The summed E-state index contributed by atoms with van der Waals surface area (Å²) in [5.74, 6) is 0.286. The molecule has 5 nitrogen and oxygen atoms in total. The Morgan fingerprint density at radius 1 is 1.40 bits per heavy atom. The van der Waals surface area contributed by atoms with Crippen LogP contribution in [0.3, 0.4) is 0 Å². The van der Waals surface area contributed by atoms with Crippen LogP contribution in [0.5, 0.6) is 0 Å². The molecule has 1 saturated carbocycles. The van der Waals surface area contributed by atoms with Gasteiger partial charge < -0.3 is 9.88 Å². The Kier molecular flexibility index (Phi) is 5.47. The number of aromatic nitrogens is 3. The van der Waals surface area contributed by atoms with E-state index in [-0.39, 0.29) is 17.1 Å². The Labute approximate surface area is 153 Å². The third kappa shape index (κ3) is 4.24. The summed E-state index contributed by atoms with van der Waals surface area (Å²) in [6.45, 7) is 8.85. The lowest BCUT2D eigenvalue weighted by atomic mass is 10.1. The maximum atomic E-state index is 12.8. The minimum Gasteiger partial charge on any atom is -0.351 e. The number of thioether (sulfide) groups is 1. The molecule has 3 rings (SSSR count). The molecule has 0 aromatic carbocycles. The second kappa shape index (κ2) is 7.60. The van der Waals surface area contributed by atoms with Gasteiger partial charge in [0.05, 0.1) is 10.9 Å². The van der Waals surface area contributed by atoms with E-state index in [9.17, 15) is 4.79 Å². The van der Waals surface area contributed by atoms with Crippen LogP contribution in [0, 0.1) is 19.8 Å². The van der Waals surface area contributed by atoms with Crippen LogP contribution >= 0.6 is 11.8 Å². The lowest BCUT2D eigenvalue weighted by Crippen LogP contribution is -2.35. The van der Waals surface area contributed by atoms with Crippen LogP contribution in [0.4, 0.5) is 0 Å². The van der Waals surface area contributed by atoms with Gasteiger partial charge in [0, 0.05) is 30.7 Å². The van der Waals surface area contributed by atoms with E-state index >= 15 is 0 Å². The number of carbonyl (C=O) groups is 1. The molecule has 0 bridgehead atoms. The molecule has 1 amide bonds. The van der Waals surface area contributed by atoms with Crippen molar-refractivity contribution in [2.45, 2.75) is 63.5 Å². The van der Waals surface area contributed by atoms with Gasteiger partial charge in [-0.3, -0.25) is 9.78 Å². The van der Waals surface area contributed by atoms with Crippen LogP contribution in [-0.4, -0.2) is 25.7 Å². The second-order valence-electron chi connectivity index (χ2n) is 7.03. The van der Waals surface area contributed by atoms with E-state index in [0.29, 0.717) is 12.6 Å². The van der Waals surface area contributed by atoms with Gasteiger partial charge in [-0.05, 0) is 44.2 Å². The highest BCUT2D eigenvalue weighted by Crippen LogP contribution is 2.41. The zero-order chi connectivity index (χ0) is 18.0. The van der Waals surface area contributed by atoms with Crippen LogP contribution in [-0.2, 0) is 11.3 Å². The Morgan fingerprint density at radius 3 is 2.76 bits per heavy atom. The second-order valence-corrected chi connectivity index (χ2v) is 8.14. The molecule has 0 aliphatic heterocycles. The van der Waals surface area contributed by atoms with Gasteiger partial charge >= 0.3 is 0 Å². The summed E-state index contributed by atoms with van der Waals surface area (Å²) in [6.07, 6.45) is 5.94. The Balaban J connectivity index is 1.71. The average Bonchev–Trinajstić information content (AvgIpc) is 3.38. The molecule has 1 N–H and O–H groups in total. The highest BCUT2D eigenvalue weighted by molar-refractivity contribution is 8.00. The number of carbonyl (C=O) groups excluding carboxylic acids is 1. The van der Waals surface area contributed by atoms with Crippen molar-refractivity contribution in [1.82, 2.24) is 19.9 Å². The Morgan fingerprint density at radius 2 is 2.16 bits per heavy atom. The van der Waals surface area contributed by atoms with E-state index in [2.05, 4.69) is 35.6 Å². The first-order chi connectivity index (χ1) is 12.0. The van der Waals surface area contributed by atoms with Gasteiger partial charge in [0.15, 0.2) is 5.16 Å². The van der Waals surface area contributed by atoms with Crippen molar-refractivity contribution in [3.8, 4) is 0 Å². The minimum absolute atomic E-state index is 0.0597. The van der Waals surface area contributed by atoms with E-state index in [1.54, 1.807) is 24.2 Å². The number of rotatable bonds is 7. The Hall–Kier alpha value is -1.82. The monoisotopic (exact) mass is 358 g/mol. The predicted molar refractivity (Wildman–Crippen MR) is 101 cm³/mol. The van der Waals surface area contributed by atoms with E-state index in [4.69, 9.17) is 4.98 Å². The fraction of sp³-hybridized carbons (Fsp3) is 0.526. The molecule has 0 unspecified atom stereocenters. The SMILES string of the molecule is Cc1nc(S[C@H](C(=O)NCc2cccnc2)C(C)C)n(C2CC2)c1C. The summed E-state index contributed by atoms with van der Waals surface area (Å²) in [5.41, 5.74) is 3.30. The first kappa shape index (κ1) is 18.0. The topological polar surface area (TPSA) is 59.8 Å². The smallest absolute Gasteiger partial charge is 0.234 e. The summed E-state index contributed by atoms with van der Waals surface area (Å²) >= 11 is 1.59. The quantitative estimate of drug-likeness (QED) is 0.767. The third-order valence-corrected chi connectivity index (χ3v) is 6.06. The van der Waals surface area contributed by atoms with E-state index in [1.807, 2.05) is 19.1 Å². The average molecular weight is 359 g/mol. The van der Waals surface area contributed by atoms with Gasteiger partial charge in [0.1, 0.15) is 0 Å².